The van der Waals surface area contributed by atoms with Crippen LogP contribution in [0.15, 0.2) is 35.0 Å². The van der Waals surface area contributed by atoms with Gasteiger partial charge in [-0.1, -0.05) is 17.3 Å². The zero-order valence-electron chi connectivity index (χ0n) is 10.5. The summed E-state index contributed by atoms with van der Waals surface area (Å²) in [5.41, 5.74) is 0.962. The minimum absolute atomic E-state index is 0.247. The second-order valence-corrected chi connectivity index (χ2v) is 7.22. The summed E-state index contributed by atoms with van der Waals surface area (Å²) in [4.78, 5) is 4.92. The van der Waals surface area contributed by atoms with E-state index >= 15 is 0 Å². The fourth-order valence-corrected chi connectivity index (χ4v) is 3.82. The largest absolute Gasteiger partial charge is 0.356 e. The number of thiazole rings is 1. The molecular formula is C12H11N3O3S2. The van der Waals surface area contributed by atoms with Gasteiger partial charge in [-0.2, -0.15) is 0 Å². The van der Waals surface area contributed by atoms with Crippen LogP contribution in [-0.2, 0) is 15.8 Å². The van der Waals surface area contributed by atoms with E-state index in [-0.39, 0.29) is 5.75 Å². The zero-order chi connectivity index (χ0) is 14.2. The zero-order valence-corrected chi connectivity index (χ0v) is 12.2. The van der Waals surface area contributed by atoms with Gasteiger partial charge in [0, 0.05) is 16.5 Å². The van der Waals surface area contributed by atoms with Gasteiger partial charge in [0.05, 0.1) is 0 Å². The molecule has 0 saturated carbocycles. The van der Waals surface area contributed by atoms with Crippen molar-refractivity contribution in [2.75, 3.05) is 4.72 Å². The summed E-state index contributed by atoms with van der Waals surface area (Å²) in [7, 11) is -3.56. The minimum atomic E-state index is -3.56. The number of aryl methyl sites for hydroxylation is 1. The molecule has 6 nitrogen and oxygen atoms in total. The second-order valence-electron chi connectivity index (χ2n) is 4.26. The first-order chi connectivity index (χ1) is 9.53. The molecule has 0 aliphatic rings. The van der Waals surface area contributed by atoms with Crippen LogP contribution >= 0.6 is 11.3 Å². The van der Waals surface area contributed by atoms with Crippen molar-refractivity contribution in [2.45, 2.75) is 12.7 Å². The van der Waals surface area contributed by atoms with Crippen LogP contribution in [0.4, 0.5) is 5.13 Å². The van der Waals surface area contributed by atoms with Crippen molar-refractivity contribution in [2.24, 2.45) is 0 Å². The third-order valence-electron chi connectivity index (χ3n) is 2.64. The van der Waals surface area contributed by atoms with E-state index in [1.165, 1.54) is 11.3 Å². The van der Waals surface area contributed by atoms with Gasteiger partial charge in [0.1, 0.15) is 11.4 Å². The number of hydrogen-bond donors (Lipinski definition) is 1. The molecule has 20 heavy (non-hydrogen) atoms. The fourth-order valence-electron chi connectivity index (χ4n) is 1.79. The molecule has 0 aliphatic heterocycles. The molecule has 2 aromatic heterocycles. The lowest BCUT2D eigenvalue weighted by atomic mass is 10.2. The SMILES string of the molecule is Cc1cnc(NS(=O)(=O)Cc2noc3ccccc23)s1. The summed E-state index contributed by atoms with van der Waals surface area (Å²) in [6.07, 6.45) is 1.62. The molecule has 3 aromatic rings. The number of aromatic nitrogens is 2. The first-order valence-corrected chi connectivity index (χ1v) is 8.26. The molecule has 1 N–H and O–H groups in total. The van der Waals surface area contributed by atoms with Crippen LogP contribution in [0.3, 0.4) is 0 Å². The van der Waals surface area contributed by atoms with Crippen LogP contribution in [0.1, 0.15) is 10.6 Å². The molecule has 0 saturated heterocycles. The number of nitrogens with zero attached hydrogens (tertiary/aromatic N) is 2. The molecule has 0 atom stereocenters. The van der Waals surface area contributed by atoms with Gasteiger partial charge in [0.15, 0.2) is 10.7 Å². The van der Waals surface area contributed by atoms with Gasteiger partial charge in [0.2, 0.25) is 10.0 Å². The Bertz CT molecular complexity index is 852. The Kier molecular flexibility index (Phi) is 3.19. The van der Waals surface area contributed by atoms with Gasteiger partial charge in [-0.3, -0.25) is 4.72 Å². The van der Waals surface area contributed by atoms with E-state index in [4.69, 9.17) is 4.52 Å². The lowest BCUT2D eigenvalue weighted by Crippen LogP contribution is -2.15. The quantitative estimate of drug-likeness (QED) is 0.800. The van der Waals surface area contributed by atoms with Gasteiger partial charge in [-0.25, -0.2) is 13.4 Å². The van der Waals surface area contributed by atoms with Gasteiger partial charge in [-0.15, -0.1) is 11.3 Å². The Hall–Kier alpha value is -1.93. The summed E-state index contributed by atoms with van der Waals surface area (Å²) in [6, 6.07) is 7.15. The lowest BCUT2D eigenvalue weighted by Gasteiger charge is -2.02. The highest BCUT2D eigenvalue weighted by molar-refractivity contribution is 7.92. The second kappa shape index (κ2) is 4.88. The van der Waals surface area contributed by atoms with E-state index in [2.05, 4.69) is 14.9 Å². The van der Waals surface area contributed by atoms with Crippen molar-refractivity contribution in [3.8, 4) is 0 Å². The highest BCUT2D eigenvalue weighted by atomic mass is 32.2. The molecule has 0 amide bonds. The number of benzene rings is 1. The molecule has 104 valence electrons. The molecule has 0 radical (unpaired) electrons. The van der Waals surface area contributed by atoms with Crippen LogP contribution in [0.5, 0.6) is 0 Å². The molecular weight excluding hydrogens is 298 g/mol. The minimum Gasteiger partial charge on any atom is -0.356 e. The maximum Gasteiger partial charge on any atom is 0.240 e. The van der Waals surface area contributed by atoms with Gasteiger partial charge in [0.25, 0.3) is 0 Å². The normalized spacial score (nSPS) is 11.8. The Morgan fingerprint density at radius 2 is 2.15 bits per heavy atom. The van der Waals surface area contributed by atoms with E-state index in [0.717, 1.165) is 4.88 Å². The maximum absolute atomic E-state index is 12.1. The van der Waals surface area contributed by atoms with Crippen molar-refractivity contribution in [3.05, 3.63) is 41.0 Å². The average molecular weight is 309 g/mol. The molecule has 2 heterocycles. The maximum atomic E-state index is 12.1. The van der Waals surface area contributed by atoms with Crippen LogP contribution < -0.4 is 4.72 Å². The predicted octanol–water partition coefficient (Wildman–Crippen LogP) is 2.53. The molecule has 0 fully saturated rings. The van der Waals surface area contributed by atoms with E-state index < -0.39 is 10.0 Å². The molecule has 0 spiro atoms. The Labute approximate surface area is 119 Å². The lowest BCUT2D eigenvalue weighted by molar-refractivity contribution is 0.448. The highest BCUT2D eigenvalue weighted by Gasteiger charge is 2.18. The van der Waals surface area contributed by atoms with Crippen LogP contribution in [-0.4, -0.2) is 18.6 Å². The Morgan fingerprint density at radius 1 is 1.35 bits per heavy atom. The van der Waals surface area contributed by atoms with E-state index in [1.54, 1.807) is 18.3 Å². The Morgan fingerprint density at radius 3 is 2.90 bits per heavy atom. The van der Waals surface area contributed by atoms with Crippen molar-refractivity contribution >= 4 is 37.5 Å². The Balaban J connectivity index is 1.86. The highest BCUT2D eigenvalue weighted by Crippen LogP contribution is 2.22. The topological polar surface area (TPSA) is 85.1 Å². The van der Waals surface area contributed by atoms with Crippen molar-refractivity contribution in [3.63, 3.8) is 0 Å². The van der Waals surface area contributed by atoms with E-state index in [0.29, 0.717) is 21.8 Å². The molecule has 3 rings (SSSR count). The van der Waals surface area contributed by atoms with Gasteiger partial charge >= 0.3 is 0 Å². The summed E-state index contributed by atoms with van der Waals surface area (Å²) in [5, 5.41) is 4.87. The molecule has 0 unspecified atom stereocenters. The number of anilines is 1. The first-order valence-electron chi connectivity index (χ1n) is 5.80. The third kappa shape index (κ3) is 2.66. The fraction of sp³-hybridized carbons (Fsp3) is 0.167. The first kappa shape index (κ1) is 13.1. The van der Waals surface area contributed by atoms with Gasteiger partial charge in [-0.05, 0) is 19.1 Å². The summed E-state index contributed by atoms with van der Waals surface area (Å²) >= 11 is 1.29. The molecule has 1 aromatic carbocycles. The average Bonchev–Trinajstić information content (AvgIpc) is 2.96. The molecule has 0 aliphatic carbocycles. The number of sulfonamides is 1. The third-order valence-corrected chi connectivity index (χ3v) is 4.76. The molecule has 0 bridgehead atoms. The number of rotatable bonds is 4. The summed E-state index contributed by atoms with van der Waals surface area (Å²) in [6.45, 7) is 1.86. The van der Waals surface area contributed by atoms with Crippen molar-refractivity contribution in [1.29, 1.82) is 0 Å². The van der Waals surface area contributed by atoms with Crippen LogP contribution in [0.25, 0.3) is 11.0 Å². The summed E-state index contributed by atoms with van der Waals surface area (Å²) < 4.78 is 31.7. The van der Waals surface area contributed by atoms with E-state index in [1.807, 2.05) is 19.1 Å². The van der Waals surface area contributed by atoms with Crippen LogP contribution in [0, 0.1) is 6.92 Å². The van der Waals surface area contributed by atoms with Crippen molar-refractivity contribution < 1.29 is 12.9 Å². The monoisotopic (exact) mass is 309 g/mol. The van der Waals surface area contributed by atoms with Crippen LogP contribution in [0.2, 0.25) is 0 Å². The standard InChI is InChI=1S/C12H11N3O3S2/c1-8-6-13-12(19-8)15-20(16,17)7-10-9-4-2-3-5-11(9)18-14-10/h2-6H,7H2,1H3,(H,13,15). The summed E-state index contributed by atoms with van der Waals surface area (Å²) in [5.74, 6) is -0.247. The number of hydrogen-bond acceptors (Lipinski definition) is 6. The predicted molar refractivity (Wildman–Crippen MR) is 77.1 cm³/mol. The van der Waals surface area contributed by atoms with Crippen molar-refractivity contribution in [1.82, 2.24) is 10.1 Å². The smallest absolute Gasteiger partial charge is 0.240 e. The van der Waals surface area contributed by atoms with Gasteiger partial charge < -0.3 is 4.52 Å². The van der Waals surface area contributed by atoms with E-state index in [9.17, 15) is 8.42 Å². The number of nitrogens with one attached hydrogen (secondary N) is 1. The number of para-hydroxylation sites is 1. The molecule has 8 heteroatoms. The number of fused-ring (bicyclic) bond motifs is 1.